The molecule has 29 heavy (non-hydrogen) atoms. The molecule has 0 radical (unpaired) electrons. The van der Waals surface area contributed by atoms with Gasteiger partial charge in [0.2, 0.25) is 0 Å². The van der Waals surface area contributed by atoms with Crippen LogP contribution in [0.1, 0.15) is 90.9 Å². The van der Waals surface area contributed by atoms with Gasteiger partial charge in [0, 0.05) is 11.5 Å². The highest BCUT2D eigenvalue weighted by molar-refractivity contribution is 9.34. The molecular formula is C18H38N2S9. The Bertz CT molecular complexity index is 501. The van der Waals surface area contributed by atoms with E-state index in [0.29, 0.717) is 0 Å². The summed E-state index contributed by atoms with van der Waals surface area (Å²) >= 11 is 20.9. The minimum absolute atomic E-state index is 1.04. The van der Waals surface area contributed by atoms with Crippen molar-refractivity contribution in [3.05, 3.63) is 0 Å². The average molecular weight is 571 g/mol. The fourth-order valence-corrected chi connectivity index (χ4v) is 15.7. The van der Waals surface area contributed by atoms with Crippen LogP contribution < -0.4 is 0 Å². The summed E-state index contributed by atoms with van der Waals surface area (Å²) < 4.78 is 2.08. The maximum Gasteiger partial charge on any atom is 0.176 e. The highest BCUT2D eigenvalue weighted by Crippen LogP contribution is 2.76. The number of unbranched alkanes of at least 4 members (excludes halogenated alkanes) is 10. The van der Waals surface area contributed by atoms with Gasteiger partial charge in [-0.05, 0) is 32.5 Å². The first kappa shape index (κ1) is 29.4. The standard InChI is InChI=1S/C18H38N2S9/c1-3-5-7-9-11-13-15-28(23,26-21)17-19-20-18(25-17)29(24,27-22)16-14-12-10-8-6-4-2/h21-24H,3-16H2,1-2H3. The third-order valence-electron chi connectivity index (χ3n) is 4.73. The monoisotopic (exact) mass is 570 g/mol. The van der Waals surface area contributed by atoms with Crippen molar-refractivity contribution in [3.63, 3.8) is 0 Å². The fourth-order valence-electron chi connectivity index (χ4n) is 2.92. The molecule has 1 heterocycles. The highest BCUT2D eigenvalue weighted by atomic mass is 33.7. The molecule has 2 atom stereocenters. The topological polar surface area (TPSA) is 25.8 Å². The van der Waals surface area contributed by atoms with Crippen molar-refractivity contribution < 1.29 is 0 Å². The van der Waals surface area contributed by atoms with Crippen LogP contribution in [-0.2, 0) is 0 Å². The molecule has 0 N–H and O–H groups in total. The van der Waals surface area contributed by atoms with Gasteiger partial charge in [0.05, 0.1) is 0 Å². The summed E-state index contributed by atoms with van der Waals surface area (Å²) in [4.78, 5) is 0. The van der Waals surface area contributed by atoms with Gasteiger partial charge in [-0.2, -0.15) is 0 Å². The van der Waals surface area contributed by atoms with Crippen LogP contribution in [0.5, 0.6) is 0 Å². The smallest absolute Gasteiger partial charge is 0.131 e. The van der Waals surface area contributed by atoms with Crippen LogP contribution in [0.3, 0.4) is 0 Å². The minimum Gasteiger partial charge on any atom is -0.131 e. The Labute approximate surface area is 213 Å². The normalized spacial score (nSPS) is 18.1. The predicted octanol–water partition coefficient (Wildman–Crippen LogP) is 10.3. The first-order chi connectivity index (χ1) is 14.0. The molecule has 0 spiro atoms. The van der Waals surface area contributed by atoms with Crippen LogP contribution in [0.15, 0.2) is 8.68 Å². The molecule has 0 aliphatic heterocycles. The van der Waals surface area contributed by atoms with Crippen molar-refractivity contribution in [3.8, 4) is 0 Å². The maximum atomic E-state index is 5.04. The van der Waals surface area contributed by atoms with Gasteiger partial charge in [-0.25, -0.2) is 0 Å². The Balaban J connectivity index is 2.62. The highest BCUT2D eigenvalue weighted by Gasteiger charge is 2.31. The molecular weight excluding hydrogens is 533 g/mol. The molecule has 0 saturated carbocycles. The lowest BCUT2D eigenvalue weighted by molar-refractivity contribution is 0.626. The fraction of sp³-hybridized carbons (Fsp3) is 0.889. The van der Waals surface area contributed by atoms with Crippen molar-refractivity contribution in [1.29, 1.82) is 0 Å². The van der Waals surface area contributed by atoms with Gasteiger partial charge in [-0.3, -0.25) is 0 Å². The summed E-state index contributed by atoms with van der Waals surface area (Å²) in [6.45, 7) is 4.51. The second kappa shape index (κ2) is 16.9. The van der Waals surface area contributed by atoms with Gasteiger partial charge in [0.25, 0.3) is 0 Å². The Morgan fingerprint density at radius 1 is 0.655 bits per heavy atom. The number of hydrogen-bond donors (Lipinski definition) is 4. The average Bonchev–Trinajstić information content (AvgIpc) is 3.24. The lowest BCUT2D eigenvalue weighted by Gasteiger charge is -2.29. The first-order valence-electron chi connectivity index (χ1n) is 10.5. The summed E-state index contributed by atoms with van der Waals surface area (Å²) in [7, 11) is 0.393. The summed E-state index contributed by atoms with van der Waals surface area (Å²) in [6.07, 6.45) is 15.5. The van der Waals surface area contributed by atoms with Gasteiger partial charge < -0.3 is 0 Å². The van der Waals surface area contributed by atoms with Crippen molar-refractivity contribution in [2.45, 2.75) is 99.6 Å². The number of hydrogen-bond acceptors (Lipinski definition) is 9. The van der Waals surface area contributed by atoms with Gasteiger partial charge >= 0.3 is 0 Å². The van der Waals surface area contributed by atoms with Crippen molar-refractivity contribution in [2.24, 2.45) is 0 Å². The molecule has 11 heteroatoms. The lowest BCUT2D eigenvalue weighted by Crippen LogP contribution is -1.95. The van der Waals surface area contributed by atoms with E-state index in [-0.39, 0.29) is 0 Å². The largest absolute Gasteiger partial charge is 0.176 e. The zero-order valence-electron chi connectivity index (χ0n) is 17.6. The van der Waals surface area contributed by atoms with Gasteiger partial charge in [-0.1, -0.05) is 106 Å². The van der Waals surface area contributed by atoms with Crippen LogP contribution in [0, 0.1) is 0 Å². The third-order valence-corrected chi connectivity index (χ3v) is 25.9. The maximum absolute atomic E-state index is 5.04. The summed E-state index contributed by atoms with van der Waals surface area (Å²) in [5.41, 5.74) is 0. The molecule has 0 aromatic carbocycles. The molecule has 0 amide bonds. The summed E-state index contributed by atoms with van der Waals surface area (Å²) in [6, 6.07) is 0. The lowest BCUT2D eigenvalue weighted by atomic mass is 10.1. The van der Waals surface area contributed by atoms with Crippen molar-refractivity contribution >= 4 is 93.8 Å². The second-order valence-corrected chi connectivity index (χ2v) is 25.4. The molecule has 1 aromatic heterocycles. The quantitative estimate of drug-likeness (QED) is 0.0802. The number of aromatic nitrogens is 2. The van der Waals surface area contributed by atoms with E-state index in [0.717, 1.165) is 20.2 Å². The van der Waals surface area contributed by atoms with Crippen LogP contribution in [0.25, 0.3) is 0 Å². The summed E-state index contributed by atoms with van der Waals surface area (Å²) in [5.74, 6) is 2.09. The van der Waals surface area contributed by atoms with E-state index < -0.39 is 16.2 Å². The predicted molar refractivity (Wildman–Crippen MR) is 159 cm³/mol. The second-order valence-electron chi connectivity index (χ2n) is 7.21. The van der Waals surface area contributed by atoms with Gasteiger partial charge in [-0.15, -0.1) is 56.8 Å². The molecule has 0 fully saturated rings. The van der Waals surface area contributed by atoms with Crippen molar-refractivity contribution in [2.75, 3.05) is 11.5 Å². The molecule has 0 saturated heterocycles. The number of rotatable bonds is 18. The van der Waals surface area contributed by atoms with E-state index in [1.807, 2.05) is 0 Å². The van der Waals surface area contributed by atoms with E-state index in [1.54, 1.807) is 31.0 Å². The molecule has 2 nitrogen and oxygen atoms in total. The zero-order valence-corrected chi connectivity index (χ0v) is 25.3. The Hall–Kier alpha value is 2.36. The Morgan fingerprint density at radius 2 is 1.00 bits per heavy atom. The van der Waals surface area contributed by atoms with Crippen LogP contribution in [0.2, 0.25) is 0 Å². The summed E-state index contributed by atoms with van der Waals surface area (Å²) in [5, 5.41) is 9.11. The van der Waals surface area contributed by atoms with Crippen LogP contribution in [-0.4, -0.2) is 21.7 Å². The third kappa shape index (κ3) is 10.9. The SMILES string of the molecule is CCCCCCCCS(S)(SS)c1nnc(S(S)(CCCCCCCC)SS)s1. The van der Waals surface area contributed by atoms with E-state index >= 15 is 0 Å². The zero-order chi connectivity index (χ0) is 21.6. The first-order valence-corrected chi connectivity index (χ1v) is 21.8. The molecule has 1 aromatic rings. The molecule has 0 aliphatic carbocycles. The van der Waals surface area contributed by atoms with Crippen molar-refractivity contribution in [1.82, 2.24) is 10.2 Å². The van der Waals surface area contributed by atoms with E-state index in [1.165, 1.54) is 77.0 Å². The Kier molecular flexibility index (Phi) is 17.1. The molecule has 2 unspecified atom stereocenters. The van der Waals surface area contributed by atoms with Gasteiger partial charge in [0.15, 0.2) is 8.68 Å². The van der Waals surface area contributed by atoms with E-state index in [4.69, 9.17) is 23.3 Å². The minimum atomic E-state index is -1.37. The van der Waals surface area contributed by atoms with Gasteiger partial charge in [0.1, 0.15) is 0 Å². The number of thiol groups is 4. The van der Waals surface area contributed by atoms with Crippen LogP contribution >= 0.6 is 93.8 Å². The molecule has 0 bridgehead atoms. The Morgan fingerprint density at radius 3 is 1.34 bits per heavy atom. The van der Waals surface area contributed by atoms with E-state index in [9.17, 15) is 0 Å². The molecule has 174 valence electrons. The number of nitrogens with zero attached hydrogens (tertiary/aromatic N) is 2. The van der Waals surface area contributed by atoms with E-state index in [2.05, 4.69) is 47.4 Å². The molecule has 0 aliphatic rings. The molecule has 1 rings (SSSR count). The van der Waals surface area contributed by atoms with Crippen LogP contribution in [0.4, 0.5) is 0 Å².